The number of ketones is 1. The first-order valence-electron chi connectivity index (χ1n) is 9.99. The number of hydrogen-bond donors (Lipinski definition) is 0. The molecule has 0 N–H and O–H groups in total. The molecule has 2 rings (SSSR count). The average molecular weight is 331 g/mol. The molecule has 2 saturated carbocycles. The molecule has 0 aromatic carbocycles. The first kappa shape index (κ1) is 19.5. The van der Waals surface area contributed by atoms with Gasteiger partial charge in [0.05, 0.1) is 0 Å². The van der Waals surface area contributed by atoms with Crippen molar-refractivity contribution >= 4 is 5.78 Å². The van der Waals surface area contributed by atoms with E-state index < -0.39 is 0 Å². The van der Waals surface area contributed by atoms with Gasteiger partial charge in [0.25, 0.3) is 0 Å². The molecule has 0 heterocycles. The summed E-state index contributed by atoms with van der Waals surface area (Å²) in [5.74, 6) is 1.81. The van der Waals surface area contributed by atoms with E-state index in [0.29, 0.717) is 29.0 Å². The van der Waals surface area contributed by atoms with E-state index in [9.17, 15) is 4.79 Å². The summed E-state index contributed by atoms with van der Waals surface area (Å²) >= 11 is 0. The van der Waals surface area contributed by atoms with Gasteiger partial charge in [0.15, 0.2) is 0 Å². The summed E-state index contributed by atoms with van der Waals surface area (Å²) in [5, 5.41) is 0. The van der Waals surface area contributed by atoms with Crippen LogP contribution in [0.4, 0.5) is 0 Å². The molecular weight excluding hydrogens is 292 g/mol. The van der Waals surface area contributed by atoms with Crippen LogP contribution >= 0.6 is 0 Å². The largest absolute Gasteiger partial charge is 0.300 e. The summed E-state index contributed by atoms with van der Waals surface area (Å²) in [6.45, 7) is 15.9. The molecule has 0 saturated heterocycles. The monoisotopic (exact) mass is 330 g/mol. The van der Waals surface area contributed by atoms with Crippen LogP contribution in [0.1, 0.15) is 92.4 Å². The lowest BCUT2D eigenvalue weighted by molar-refractivity contribution is -0.116. The summed E-state index contributed by atoms with van der Waals surface area (Å²) in [6.07, 6.45) is 13.0. The van der Waals surface area contributed by atoms with E-state index in [1.807, 2.05) is 0 Å². The number of allylic oxidation sites excluding steroid dienone is 3. The standard InChI is InChI=1S/C23H38O/c1-17(9-7-10-19(3)24)11-13-20-18(2)12-14-21-22(4,5)15-8-16-23(20,21)6/h9,20-21H,2,7-8,10-16H2,1,3-6H3/b17-9+/t20-,21-,23-/m1/s1. The maximum absolute atomic E-state index is 11.1. The minimum absolute atomic E-state index is 0.291. The highest BCUT2D eigenvalue weighted by Crippen LogP contribution is 2.61. The Morgan fingerprint density at radius 2 is 1.92 bits per heavy atom. The zero-order chi connectivity index (χ0) is 18.0. The zero-order valence-electron chi connectivity index (χ0n) is 16.7. The number of hydrogen-bond acceptors (Lipinski definition) is 1. The van der Waals surface area contributed by atoms with Crippen LogP contribution in [0.3, 0.4) is 0 Å². The van der Waals surface area contributed by atoms with Crippen LogP contribution < -0.4 is 0 Å². The van der Waals surface area contributed by atoms with Gasteiger partial charge in [0.1, 0.15) is 5.78 Å². The Morgan fingerprint density at radius 3 is 2.58 bits per heavy atom. The van der Waals surface area contributed by atoms with Crippen molar-refractivity contribution in [1.29, 1.82) is 0 Å². The lowest BCUT2D eigenvalue weighted by Crippen LogP contribution is -2.49. The van der Waals surface area contributed by atoms with Gasteiger partial charge in [-0.15, -0.1) is 0 Å². The molecule has 0 unspecified atom stereocenters. The predicted molar refractivity (Wildman–Crippen MR) is 104 cm³/mol. The highest BCUT2D eigenvalue weighted by atomic mass is 16.1. The minimum atomic E-state index is 0.291. The third-order valence-corrected chi connectivity index (χ3v) is 7.14. The van der Waals surface area contributed by atoms with E-state index in [-0.39, 0.29) is 0 Å². The predicted octanol–water partition coefficient (Wildman–Crippen LogP) is 6.88. The fourth-order valence-electron chi connectivity index (χ4n) is 5.80. The van der Waals surface area contributed by atoms with Crippen molar-refractivity contribution < 1.29 is 4.79 Å². The molecule has 1 heteroatoms. The molecule has 0 aromatic rings. The molecule has 2 fully saturated rings. The molecular formula is C23H38O. The van der Waals surface area contributed by atoms with Gasteiger partial charge in [-0.25, -0.2) is 0 Å². The molecule has 0 radical (unpaired) electrons. The summed E-state index contributed by atoms with van der Waals surface area (Å²) in [6, 6.07) is 0. The fourth-order valence-corrected chi connectivity index (χ4v) is 5.80. The van der Waals surface area contributed by atoms with Crippen molar-refractivity contribution in [1.82, 2.24) is 0 Å². The number of fused-ring (bicyclic) bond motifs is 1. The Morgan fingerprint density at radius 1 is 1.21 bits per heavy atom. The molecule has 0 aliphatic heterocycles. The maximum Gasteiger partial charge on any atom is 0.130 e. The Labute approximate surface area is 150 Å². The van der Waals surface area contributed by atoms with Crippen LogP contribution in [0.5, 0.6) is 0 Å². The van der Waals surface area contributed by atoms with E-state index in [0.717, 1.165) is 18.8 Å². The quantitative estimate of drug-likeness (QED) is 0.485. The van der Waals surface area contributed by atoms with E-state index in [2.05, 4.69) is 40.3 Å². The lowest BCUT2D eigenvalue weighted by atomic mass is 9.47. The van der Waals surface area contributed by atoms with Crippen molar-refractivity contribution in [3.63, 3.8) is 0 Å². The first-order chi connectivity index (χ1) is 11.2. The number of carbonyl (C=O) groups is 1. The van der Waals surface area contributed by atoms with Crippen LogP contribution in [0, 0.1) is 22.7 Å². The molecule has 0 spiro atoms. The Hall–Kier alpha value is -0.850. The second-order valence-electron chi connectivity index (χ2n) is 9.48. The third-order valence-electron chi connectivity index (χ3n) is 7.14. The SMILES string of the molecule is C=C1CC[C@@H]2C(C)(C)CCC[C@]2(C)[C@@H]1CC/C(C)=C/CCC(C)=O. The summed E-state index contributed by atoms with van der Waals surface area (Å²) in [4.78, 5) is 11.1. The second kappa shape index (κ2) is 7.58. The summed E-state index contributed by atoms with van der Waals surface area (Å²) in [7, 11) is 0. The van der Waals surface area contributed by atoms with Gasteiger partial charge >= 0.3 is 0 Å². The highest BCUT2D eigenvalue weighted by molar-refractivity contribution is 5.75. The van der Waals surface area contributed by atoms with Crippen molar-refractivity contribution in [3.8, 4) is 0 Å². The molecule has 24 heavy (non-hydrogen) atoms. The molecule has 0 aromatic heterocycles. The highest BCUT2D eigenvalue weighted by Gasteiger charge is 2.52. The number of Topliss-reactive ketones (excluding diaryl/α,β-unsaturated/α-hetero) is 1. The van der Waals surface area contributed by atoms with Crippen molar-refractivity contribution in [2.45, 2.75) is 92.4 Å². The molecule has 3 atom stereocenters. The zero-order valence-corrected chi connectivity index (χ0v) is 16.7. The van der Waals surface area contributed by atoms with Crippen molar-refractivity contribution in [2.24, 2.45) is 22.7 Å². The smallest absolute Gasteiger partial charge is 0.130 e. The summed E-state index contributed by atoms with van der Waals surface area (Å²) < 4.78 is 0. The van der Waals surface area contributed by atoms with Gasteiger partial charge < -0.3 is 4.79 Å². The molecule has 2 aliphatic rings. The van der Waals surface area contributed by atoms with Crippen LogP contribution in [0.2, 0.25) is 0 Å². The second-order valence-corrected chi connectivity index (χ2v) is 9.48. The maximum atomic E-state index is 11.1. The third kappa shape index (κ3) is 4.21. The minimum Gasteiger partial charge on any atom is -0.300 e. The van der Waals surface area contributed by atoms with Crippen LogP contribution in [-0.2, 0) is 4.79 Å². The van der Waals surface area contributed by atoms with Gasteiger partial charge in [-0.1, -0.05) is 51.0 Å². The number of carbonyl (C=O) groups excluding carboxylic acids is 1. The van der Waals surface area contributed by atoms with Gasteiger partial charge in [0, 0.05) is 6.42 Å². The molecule has 1 nitrogen and oxygen atoms in total. The molecule has 2 aliphatic carbocycles. The van der Waals surface area contributed by atoms with Crippen LogP contribution in [0.25, 0.3) is 0 Å². The van der Waals surface area contributed by atoms with Gasteiger partial charge in [-0.05, 0) is 81.5 Å². The van der Waals surface area contributed by atoms with E-state index in [4.69, 9.17) is 0 Å². The average Bonchev–Trinajstić information content (AvgIpc) is 2.45. The van der Waals surface area contributed by atoms with E-state index in [1.54, 1.807) is 6.92 Å². The lowest BCUT2D eigenvalue weighted by Gasteiger charge is -2.58. The number of rotatable bonds is 6. The Bertz CT molecular complexity index is 510. The van der Waals surface area contributed by atoms with Crippen LogP contribution in [-0.4, -0.2) is 5.78 Å². The van der Waals surface area contributed by atoms with E-state index >= 15 is 0 Å². The van der Waals surface area contributed by atoms with Crippen molar-refractivity contribution in [3.05, 3.63) is 23.8 Å². The fraction of sp³-hybridized carbons (Fsp3) is 0.783. The molecule has 136 valence electrons. The van der Waals surface area contributed by atoms with Crippen LogP contribution in [0.15, 0.2) is 23.8 Å². The molecule has 0 amide bonds. The Kier molecular flexibility index (Phi) is 6.15. The topological polar surface area (TPSA) is 17.1 Å². The first-order valence-corrected chi connectivity index (χ1v) is 9.99. The molecule has 0 bridgehead atoms. The van der Waals surface area contributed by atoms with Gasteiger partial charge in [-0.3, -0.25) is 0 Å². The van der Waals surface area contributed by atoms with Gasteiger partial charge in [-0.2, -0.15) is 0 Å². The summed E-state index contributed by atoms with van der Waals surface area (Å²) in [5.41, 5.74) is 3.88. The van der Waals surface area contributed by atoms with Crippen molar-refractivity contribution in [2.75, 3.05) is 0 Å². The normalized spacial score (nSPS) is 33.2. The Balaban J connectivity index is 2.04. The van der Waals surface area contributed by atoms with E-state index in [1.165, 1.54) is 49.7 Å². The van der Waals surface area contributed by atoms with Gasteiger partial charge in [0.2, 0.25) is 0 Å².